The van der Waals surface area contributed by atoms with Gasteiger partial charge in [-0.25, -0.2) is 0 Å². The molecule has 0 heterocycles. The first kappa shape index (κ1) is 26.2. The number of unbranched alkanes of at least 4 members (excludes halogenated alkanes) is 11. The number of hydrogen-bond donors (Lipinski definition) is 2. The van der Waals surface area contributed by atoms with Crippen molar-refractivity contribution >= 4 is 10.1 Å². The van der Waals surface area contributed by atoms with Crippen LogP contribution in [-0.2, 0) is 16.5 Å². The lowest BCUT2D eigenvalue weighted by Gasteiger charge is -2.13. The molecule has 32 heavy (non-hydrogen) atoms. The minimum absolute atomic E-state index is 0.0280. The highest BCUT2D eigenvalue weighted by Crippen LogP contribution is 2.37. The summed E-state index contributed by atoms with van der Waals surface area (Å²) in [5, 5.41) is 10.6. The lowest BCUT2D eigenvalue weighted by molar-refractivity contribution is 0.403. The van der Waals surface area contributed by atoms with E-state index in [4.69, 9.17) is 4.74 Å². The highest BCUT2D eigenvalue weighted by Gasteiger charge is 2.18. The van der Waals surface area contributed by atoms with E-state index in [2.05, 4.69) is 6.92 Å². The molecule has 2 N–H and O–H groups in total. The van der Waals surface area contributed by atoms with Gasteiger partial charge in [-0.05, 0) is 36.6 Å². The molecule has 0 spiro atoms. The van der Waals surface area contributed by atoms with Gasteiger partial charge in [0.1, 0.15) is 5.75 Å². The number of phenolic OH excluding ortho intramolecular Hbond substituents is 1. The summed E-state index contributed by atoms with van der Waals surface area (Å²) < 4.78 is 38.6. The third kappa shape index (κ3) is 9.61. The van der Waals surface area contributed by atoms with E-state index in [0.29, 0.717) is 17.7 Å². The van der Waals surface area contributed by atoms with Crippen LogP contribution in [0.25, 0.3) is 0 Å². The van der Waals surface area contributed by atoms with E-state index in [9.17, 15) is 18.1 Å². The second-order valence-electron chi connectivity index (χ2n) is 8.46. The van der Waals surface area contributed by atoms with Gasteiger partial charge < -0.3 is 9.84 Å². The van der Waals surface area contributed by atoms with Gasteiger partial charge in [0, 0.05) is 6.07 Å². The maximum Gasteiger partial charge on any atom is 0.294 e. The van der Waals surface area contributed by atoms with E-state index in [0.717, 1.165) is 25.3 Å². The van der Waals surface area contributed by atoms with E-state index < -0.39 is 10.1 Å². The quantitative estimate of drug-likeness (QED) is 0.197. The molecular formula is C26H38O5S. The molecule has 0 aliphatic rings. The van der Waals surface area contributed by atoms with Crippen molar-refractivity contribution in [2.24, 2.45) is 0 Å². The van der Waals surface area contributed by atoms with Crippen molar-refractivity contribution in [3.8, 4) is 17.2 Å². The SMILES string of the molecule is CCCCCCCCCCCCCCc1cc(S(=O)(=O)O)cc(Oc2ccccc2)c1O. The van der Waals surface area contributed by atoms with Crippen molar-refractivity contribution < 1.29 is 22.8 Å². The summed E-state index contributed by atoms with van der Waals surface area (Å²) in [4.78, 5) is -0.268. The molecule has 0 atom stereocenters. The molecule has 5 nitrogen and oxygen atoms in total. The van der Waals surface area contributed by atoms with Crippen molar-refractivity contribution in [1.82, 2.24) is 0 Å². The number of benzene rings is 2. The molecule has 0 aliphatic carbocycles. The van der Waals surface area contributed by atoms with Crippen molar-refractivity contribution in [3.63, 3.8) is 0 Å². The highest BCUT2D eigenvalue weighted by molar-refractivity contribution is 7.85. The zero-order valence-electron chi connectivity index (χ0n) is 19.3. The second-order valence-corrected chi connectivity index (χ2v) is 9.88. The summed E-state index contributed by atoms with van der Waals surface area (Å²) in [7, 11) is -4.40. The number of ether oxygens (including phenoxy) is 1. The Bertz CT molecular complexity index is 894. The lowest BCUT2D eigenvalue weighted by atomic mass is 10.0. The fraction of sp³-hybridized carbons (Fsp3) is 0.538. The Morgan fingerprint density at radius 2 is 1.31 bits per heavy atom. The van der Waals surface area contributed by atoms with E-state index in [1.54, 1.807) is 24.3 Å². The summed E-state index contributed by atoms with van der Waals surface area (Å²) in [5.41, 5.74) is 0.470. The summed E-state index contributed by atoms with van der Waals surface area (Å²) in [6.07, 6.45) is 15.3. The molecule has 0 saturated heterocycles. The molecule has 0 radical (unpaired) electrons. The molecule has 0 saturated carbocycles. The molecule has 2 aromatic carbocycles. The van der Waals surface area contributed by atoms with Crippen molar-refractivity contribution in [1.29, 1.82) is 0 Å². The van der Waals surface area contributed by atoms with E-state index >= 15 is 0 Å². The molecule has 6 heteroatoms. The number of phenols is 1. The number of para-hydroxylation sites is 1. The average Bonchev–Trinajstić information content (AvgIpc) is 2.76. The topological polar surface area (TPSA) is 83.8 Å². The van der Waals surface area contributed by atoms with Gasteiger partial charge >= 0.3 is 0 Å². The summed E-state index contributed by atoms with van der Waals surface area (Å²) in [6.45, 7) is 2.24. The van der Waals surface area contributed by atoms with Crippen LogP contribution in [0.3, 0.4) is 0 Å². The molecule has 2 rings (SSSR count). The smallest absolute Gasteiger partial charge is 0.294 e. The molecule has 0 aliphatic heterocycles. The van der Waals surface area contributed by atoms with Gasteiger partial charge in [-0.15, -0.1) is 0 Å². The van der Waals surface area contributed by atoms with Crippen LogP contribution < -0.4 is 4.74 Å². The molecule has 0 fully saturated rings. The maximum absolute atomic E-state index is 11.7. The Balaban J connectivity index is 1.81. The predicted octanol–water partition coefficient (Wildman–Crippen LogP) is 7.67. The number of rotatable bonds is 16. The second kappa shape index (κ2) is 14.2. The van der Waals surface area contributed by atoms with Crippen molar-refractivity contribution in [3.05, 3.63) is 48.0 Å². The number of hydrogen-bond acceptors (Lipinski definition) is 4. The zero-order valence-corrected chi connectivity index (χ0v) is 20.1. The Labute approximate surface area is 193 Å². The van der Waals surface area contributed by atoms with E-state index in [1.807, 2.05) is 6.07 Å². The Hall–Kier alpha value is -2.05. The van der Waals surface area contributed by atoms with Gasteiger partial charge in [0.15, 0.2) is 11.5 Å². The van der Waals surface area contributed by atoms with Crippen LogP contribution in [-0.4, -0.2) is 18.1 Å². The molecule has 2 aromatic rings. The minimum atomic E-state index is -4.40. The third-order valence-corrected chi connectivity index (χ3v) is 6.53. The first-order valence-electron chi connectivity index (χ1n) is 12.0. The van der Waals surface area contributed by atoms with Crippen LogP contribution in [0.1, 0.15) is 89.5 Å². The van der Waals surface area contributed by atoms with E-state index in [1.165, 1.54) is 63.9 Å². The molecule has 0 aromatic heterocycles. The fourth-order valence-corrected chi connectivity index (χ4v) is 4.37. The van der Waals surface area contributed by atoms with Gasteiger partial charge in [0.25, 0.3) is 10.1 Å². The van der Waals surface area contributed by atoms with Crippen LogP contribution in [0.4, 0.5) is 0 Å². The molecule has 0 amide bonds. The molecule has 0 bridgehead atoms. The first-order valence-corrected chi connectivity index (χ1v) is 13.4. The van der Waals surface area contributed by atoms with Crippen LogP contribution >= 0.6 is 0 Å². The average molecular weight is 463 g/mol. The predicted molar refractivity (Wildman–Crippen MR) is 129 cm³/mol. The number of aromatic hydroxyl groups is 1. The summed E-state index contributed by atoms with van der Waals surface area (Å²) in [6, 6.07) is 11.3. The van der Waals surface area contributed by atoms with Crippen LogP contribution in [0, 0.1) is 0 Å². The van der Waals surface area contributed by atoms with Crippen LogP contribution in [0.5, 0.6) is 17.2 Å². The normalized spacial score (nSPS) is 11.6. The largest absolute Gasteiger partial charge is 0.504 e. The van der Waals surface area contributed by atoms with Crippen molar-refractivity contribution in [2.45, 2.75) is 95.3 Å². The van der Waals surface area contributed by atoms with Crippen LogP contribution in [0.2, 0.25) is 0 Å². The highest BCUT2D eigenvalue weighted by atomic mass is 32.2. The lowest BCUT2D eigenvalue weighted by Crippen LogP contribution is -2.01. The minimum Gasteiger partial charge on any atom is -0.504 e. The van der Waals surface area contributed by atoms with E-state index in [-0.39, 0.29) is 16.4 Å². The number of aryl methyl sites for hydroxylation is 1. The molecular weight excluding hydrogens is 424 g/mol. The fourth-order valence-electron chi connectivity index (χ4n) is 3.83. The molecule has 178 valence electrons. The standard InChI is InChI=1S/C26H38O5S/c1-2-3-4-5-6-7-8-9-10-11-12-14-17-22-20-24(32(28,29)30)21-25(26(22)27)31-23-18-15-13-16-19-23/h13,15-16,18-21,27H,2-12,14,17H2,1H3,(H,28,29,30). The Morgan fingerprint density at radius 1 is 0.781 bits per heavy atom. The maximum atomic E-state index is 11.7. The Kier molecular flexibility index (Phi) is 11.6. The zero-order chi connectivity index (χ0) is 23.2. The first-order chi connectivity index (χ1) is 15.4. The summed E-state index contributed by atoms with van der Waals surface area (Å²) >= 11 is 0. The molecule has 0 unspecified atom stereocenters. The van der Waals surface area contributed by atoms with Gasteiger partial charge in [-0.1, -0.05) is 95.8 Å². The van der Waals surface area contributed by atoms with Crippen molar-refractivity contribution in [2.75, 3.05) is 0 Å². The third-order valence-electron chi connectivity index (χ3n) is 5.70. The van der Waals surface area contributed by atoms with Crippen LogP contribution in [0.15, 0.2) is 47.4 Å². The van der Waals surface area contributed by atoms with Gasteiger partial charge in [0.2, 0.25) is 0 Å². The van der Waals surface area contributed by atoms with Gasteiger partial charge in [-0.2, -0.15) is 8.42 Å². The Morgan fingerprint density at radius 3 is 1.84 bits per heavy atom. The van der Waals surface area contributed by atoms with Gasteiger partial charge in [-0.3, -0.25) is 4.55 Å². The summed E-state index contributed by atoms with van der Waals surface area (Å²) in [5.74, 6) is 0.427. The van der Waals surface area contributed by atoms with Gasteiger partial charge in [0.05, 0.1) is 4.90 Å². The monoisotopic (exact) mass is 462 g/mol.